The summed E-state index contributed by atoms with van der Waals surface area (Å²) in [6.45, 7) is 4.98. The van der Waals surface area contributed by atoms with Crippen LogP contribution in [0.4, 0.5) is 26.3 Å². The molecule has 0 amide bonds. The number of hydrogen-bond donors (Lipinski definition) is 0. The molecule has 0 spiro atoms. The van der Waals surface area contributed by atoms with Crippen LogP contribution in [0, 0.1) is 34.0 Å². The standard InChI is InChI=1S/C40H20F6N4.C4H5N/c41-39(42,43)26-7-5-6-25(20-26)27-16-17-34(49-32-10-3-1-8-28(32)30-14-12-23(21-47)18-35(30)49)37(40(44,45)46)38(27)50-33-11-4-2-9-29(33)31-15-13-24(22-48)19-36(31)50;1-4(2)3-5/h1-20H;1H2,2H3. The van der Waals surface area contributed by atoms with E-state index in [1.165, 1.54) is 45.5 Å². The van der Waals surface area contributed by atoms with Crippen molar-refractivity contribution in [3.05, 3.63) is 156 Å². The summed E-state index contributed by atoms with van der Waals surface area (Å²) in [5.41, 5.74) is -0.578. The van der Waals surface area contributed by atoms with Gasteiger partial charge in [0.05, 0.1) is 68.3 Å². The van der Waals surface area contributed by atoms with Gasteiger partial charge in [-0.3, -0.25) is 0 Å². The summed E-state index contributed by atoms with van der Waals surface area (Å²) in [5.74, 6) is 0. The van der Waals surface area contributed by atoms with Crippen LogP contribution >= 0.6 is 0 Å². The second kappa shape index (κ2) is 13.6. The number of alkyl halides is 6. The number of halogens is 6. The number of allylic oxidation sites excluding steroid dienone is 1. The molecule has 0 aliphatic rings. The molecule has 55 heavy (non-hydrogen) atoms. The number of benzene rings is 6. The van der Waals surface area contributed by atoms with Gasteiger partial charge in [0.1, 0.15) is 5.56 Å². The number of para-hydroxylation sites is 2. The van der Waals surface area contributed by atoms with Crippen LogP contribution in [0.2, 0.25) is 0 Å². The van der Waals surface area contributed by atoms with Gasteiger partial charge in [-0.1, -0.05) is 73.3 Å². The molecule has 0 fully saturated rings. The van der Waals surface area contributed by atoms with E-state index in [-0.39, 0.29) is 33.5 Å². The van der Waals surface area contributed by atoms with Crippen molar-refractivity contribution in [3.63, 3.8) is 0 Å². The summed E-state index contributed by atoms with van der Waals surface area (Å²) in [5, 5.41) is 29.7. The smallest absolute Gasteiger partial charge is 0.309 e. The highest BCUT2D eigenvalue weighted by molar-refractivity contribution is 6.12. The number of hydrogen-bond acceptors (Lipinski definition) is 3. The van der Waals surface area contributed by atoms with Crippen LogP contribution in [-0.2, 0) is 12.4 Å². The third-order valence-electron chi connectivity index (χ3n) is 9.20. The average Bonchev–Trinajstić information content (AvgIpc) is 3.68. The van der Waals surface area contributed by atoms with E-state index in [9.17, 15) is 23.7 Å². The molecule has 268 valence electrons. The molecule has 0 N–H and O–H groups in total. The van der Waals surface area contributed by atoms with Crippen LogP contribution in [0.3, 0.4) is 0 Å². The molecule has 0 unspecified atom stereocenters. The second-order valence-electron chi connectivity index (χ2n) is 12.7. The van der Waals surface area contributed by atoms with Crippen molar-refractivity contribution in [3.8, 4) is 40.7 Å². The van der Waals surface area contributed by atoms with Crippen LogP contribution in [0.15, 0.2) is 133 Å². The molecule has 0 radical (unpaired) electrons. The van der Waals surface area contributed by atoms with Gasteiger partial charge in [-0.2, -0.15) is 42.1 Å². The third-order valence-corrected chi connectivity index (χ3v) is 9.20. The van der Waals surface area contributed by atoms with E-state index >= 15 is 13.2 Å². The minimum Gasteiger partial charge on any atom is -0.309 e. The Balaban J connectivity index is 0.000000875. The minimum atomic E-state index is -5.06. The SMILES string of the molecule is C=C(C)C#N.N#Cc1ccc2c3ccccc3n(-c3ccc(-c4cccc(C(F)(F)F)c4)c(-n4c5ccccc5c5ccc(C#N)cc54)c3C(F)(F)F)c2c1. The Morgan fingerprint density at radius 3 is 1.58 bits per heavy atom. The number of nitriles is 3. The van der Waals surface area contributed by atoms with E-state index in [2.05, 4.69) is 18.7 Å². The van der Waals surface area contributed by atoms with E-state index in [1.807, 2.05) is 6.07 Å². The van der Waals surface area contributed by atoms with Crippen molar-refractivity contribution >= 4 is 43.6 Å². The quantitative estimate of drug-likeness (QED) is 0.134. The Morgan fingerprint density at radius 1 is 0.564 bits per heavy atom. The molecular formula is C44H25F6N5. The number of nitrogens with zero attached hydrogens (tertiary/aromatic N) is 5. The van der Waals surface area contributed by atoms with Crippen LogP contribution in [-0.4, -0.2) is 9.13 Å². The van der Waals surface area contributed by atoms with Gasteiger partial charge in [0.2, 0.25) is 0 Å². The first-order valence-corrected chi connectivity index (χ1v) is 16.6. The summed E-state index contributed by atoms with van der Waals surface area (Å²) in [4.78, 5) is 0. The fourth-order valence-electron chi connectivity index (χ4n) is 6.96. The van der Waals surface area contributed by atoms with E-state index in [4.69, 9.17) is 5.26 Å². The summed E-state index contributed by atoms with van der Waals surface area (Å²) >= 11 is 0. The Labute approximate surface area is 310 Å². The molecule has 2 heterocycles. The molecule has 6 aromatic carbocycles. The molecular weight excluding hydrogens is 713 g/mol. The Morgan fingerprint density at radius 2 is 1.07 bits per heavy atom. The molecule has 8 rings (SSSR count). The summed E-state index contributed by atoms with van der Waals surface area (Å²) in [6.07, 6.45) is -9.81. The van der Waals surface area contributed by atoms with Crippen LogP contribution in [0.1, 0.15) is 29.2 Å². The lowest BCUT2D eigenvalue weighted by molar-refractivity contribution is -0.138. The van der Waals surface area contributed by atoms with Crippen LogP contribution in [0.5, 0.6) is 0 Å². The molecule has 2 aromatic heterocycles. The molecule has 0 aliphatic carbocycles. The van der Waals surface area contributed by atoms with E-state index in [1.54, 1.807) is 79.7 Å². The maximum absolute atomic E-state index is 16.0. The minimum absolute atomic E-state index is 0.0803. The summed E-state index contributed by atoms with van der Waals surface area (Å²) in [7, 11) is 0. The topological polar surface area (TPSA) is 81.2 Å². The highest BCUT2D eigenvalue weighted by Crippen LogP contribution is 2.48. The first-order valence-electron chi connectivity index (χ1n) is 16.6. The predicted molar refractivity (Wildman–Crippen MR) is 200 cm³/mol. The maximum atomic E-state index is 16.0. The van der Waals surface area contributed by atoms with Gasteiger partial charge in [-0.15, -0.1) is 0 Å². The number of aromatic nitrogens is 2. The van der Waals surface area contributed by atoms with Crippen molar-refractivity contribution in [2.24, 2.45) is 0 Å². The lowest BCUT2D eigenvalue weighted by Crippen LogP contribution is -2.17. The molecule has 0 saturated heterocycles. The molecule has 0 bridgehead atoms. The van der Waals surface area contributed by atoms with Gasteiger partial charge < -0.3 is 9.13 Å². The fraction of sp³-hybridized carbons (Fsp3) is 0.0682. The number of fused-ring (bicyclic) bond motifs is 6. The van der Waals surface area contributed by atoms with Gasteiger partial charge in [0, 0.05) is 32.7 Å². The molecule has 11 heteroatoms. The van der Waals surface area contributed by atoms with E-state index < -0.39 is 29.2 Å². The Hall–Kier alpha value is -7.29. The van der Waals surface area contributed by atoms with Crippen molar-refractivity contribution in [2.75, 3.05) is 0 Å². The fourth-order valence-corrected chi connectivity index (χ4v) is 6.96. The summed E-state index contributed by atoms with van der Waals surface area (Å²) in [6, 6.07) is 36.1. The molecule has 0 saturated carbocycles. The van der Waals surface area contributed by atoms with Crippen molar-refractivity contribution < 1.29 is 26.3 Å². The van der Waals surface area contributed by atoms with Crippen LogP contribution < -0.4 is 0 Å². The van der Waals surface area contributed by atoms with E-state index in [0.29, 0.717) is 43.7 Å². The van der Waals surface area contributed by atoms with Gasteiger partial charge in [-0.25, -0.2) is 0 Å². The average molecular weight is 738 g/mol. The lowest BCUT2D eigenvalue weighted by atomic mass is 9.95. The highest BCUT2D eigenvalue weighted by atomic mass is 19.4. The van der Waals surface area contributed by atoms with Gasteiger partial charge in [0.15, 0.2) is 0 Å². The molecule has 0 atom stereocenters. The predicted octanol–water partition coefficient (Wildman–Crippen LogP) is 12.4. The Kier molecular flexibility index (Phi) is 8.92. The normalized spacial score (nSPS) is 11.6. The molecule has 0 aliphatic heterocycles. The Bertz CT molecular complexity index is 2980. The largest absolute Gasteiger partial charge is 0.420 e. The lowest BCUT2D eigenvalue weighted by Gasteiger charge is -2.24. The third kappa shape index (κ3) is 6.30. The van der Waals surface area contributed by atoms with Crippen molar-refractivity contribution in [1.82, 2.24) is 9.13 Å². The summed E-state index contributed by atoms with van der Waals surface area (Å²) < 4.78 is 92.9. The van der Waals surface area contributed by atoms with Gasteiger partial charge in [0.25, 0.3) is 0 Å². The van der Waals surface area contributed by atoms with Gasteiger partial charge >= 0.3 is 12.4 Å². The second-order valence-corrected chi connectivity index (χ2v) is 12.7. The number of rotatable bonds is 3. The maximum Gasteiger partial charge on any atom is 0.420 e. The highest BCUT2D eigenvalue weighted by Gasteiger charge is 2.41. The van der Waals surface area contributed by atoms with Crippen molar-refractivity contribution in [1.29, 1.82) is 15.8 Å². The zero-order chi connectivity index (χ0) is 39.2. The van der Waals surface area contributed by atoms with Crippen molar-refractivity contribution in [2.45, 2.75) is 19.3 Å². The molecule has 5 nitrogen and oxygen atoms in total. The monoisotopic (exact) mass is 737 g/mol. The molecule has 8 aromatic rings. The van der Waals surface area contributed by atoms with Gasteiger partial charge in [-0.05, 0) is 67.1 Å². The van der Waals surface area contributed by atoms with E-state index in [0.717, 1.165) is 12.1 Å². The van der Waals surface area contributed by atoms with Crippen LogP contribution in [0.25, 0.3) is 66.1 Å². The zero-order valence-electron chi connectivity index (χ0n) is 28.8. The first-order chi connectivity index (χ1) is 26.3. The first kappa shape index (κ1) is 36.1. The zero-order valence-corrected chi connectivity index (χ0v) is 28.8.